The third-order valence-corrected chi connectivity index (χ3v) is 6.80. The van der Waals surface area contributed by atoms with Crippen molar-refractivity contribution in [3.8, 4) is 0 Å². The van der Waals surface area contributed by atoms with E-state index < -0.39 is 17.7 Å². The molecule has 38 heavy (non-hydrogen) atoms. The number of fused-ring (bicyclic) bond motifs is 1. The first kappa shape index (κ1) is 27.2. The molecule has 0 spiro atoms. The van der Waals surface area contributed by atoms with Gasteiger partial charge in [0.25, 0.3) is 5.91 Å². The number of benzene rings is 3. The van der Waals surface area contributed by atoms with Crippen LogP contribution in [0, 0.1) is 13.8 Å². The Hall–Kier alpha value is -3.87. The van der Waals surface area contributed by atoms with Crippen molar-refractivity contribution >= 4 is 34.4 Å². The molecule has 0 aliphatic heterocycles. The van der Waals surface area contributed by atoms with Crippen LogP contribution in [0.1, 0.15) is 62.8 Å². The number of ether oxygens (including phenoxy) is 1. The van der Waals surface area contributed by atoms with Crippen LogP contribution < -0.4 is 10.6 Å². The summed E-state index contributed by atoms with van der Waals surface area (Å²) in [6.45, 7) is 9.00. The number of anilines is 1. The molecule has 200 valence electrons. The van der Waals surface area contributed by atoms with Crippen LogP contribution in [0.15, 0.2) is 60.7 Å². The largest absolute Gasteiger partial charge is 0.444 e. The Kier molecular flexibility index (Phi) is 8.05. The zero-order valence-electron chi connectivity index (χ0n) is 22.8. The second kappa shape index (κ2) is 11.3. The number of nitrogens with zero attached hydrogens (tertiary/aromatic N) is 1. The highest BCUT2D eigenvalue weighted by Gasteiger charge is 2.39. The van der Waals surface area contributed by atoms with Crippen LogP contribution in [0.2, 0.25) is 0 Å². The van der Waals surface area contributed by atoms with E-state index in [4.69, 9.17) is 4.74 Å². The van der Waals surface area contributed by atoms with Gasteiger partial charge in [0.05, 0.1) is 0 Å². The fraction of sp³-hybridized carbons (Fsp3) is 0.387. The lowest BCUT2D eigenvalue weighted by Crippen LogP contribution is -2.53. The summed E-state index contributed by atoms with van der Waals surface area (Å²) in [5.41, 5.74) is 2.76. The highest BCUT2D eigenvalue weighted by atomic mass is 16.6. The van der Waals surface area contributed by atoms with E-state index in [2.05, 4.69) is 10.6 Å². The number of alkyl carbamates (subject to hydrolysis) is 1. The van der Waals surface area contributed by atoms with E-state index in [1.807, 2.05) is 74.5 Å². The second-order valence-corrected chi connectivity index (χ2v) is 11.1. The number of rotatable bonds is 7. The van der Waals surface area contributed by atoms with E-state index in [-0.39, 0.29) is 24.4 Å². The molecule has 1 aliphatic carbocycles. The SMILES string of the molecule is Cc1ccc(C(C(=O)Nc2ccc3ccccc3c2)N(C(=O)CNC(=O)OC(C)(C)C)C2CCC2)c(C)c1. The molecule has 1 aliphatic rings. The lowest BCUT2D eigenvalue weighted by Gasteiger charge is -2.42. The van der Waals surface area contributed by atoms with E-state index in [1.54, 1.807) is 25.7 Å². The van der Waals surface area contributed by atoms with E-state index in [0.29, 0.717) is 5.69 Å². The predicted molar refractivity (Wildman–Crippen MR) is 150 cm³/mol. The van der Waals surface area contributed by atoms with Gasteiger partial charge in [-0.25, -0.2) is 4.79 Å². The van der Waals surface area contributed by atoms with Gasteiger partial charge in [0.1, 0.15) is 18.2 Å². The summed E-state index contributed by atoms with van der Waals surface area (Å²) in [5, 5.41) is 7.74. The van der Waals surface area contributed by atoms with Gasteiger partial charge in [-0.2, -0.15) is 0 Å². The van der Waals surface area contributed by atoms with Crippen LogP contribution in [0.3, 0.4) is 0 Å². The molecule has 1 atom stereocenters. The highest BCUT2D eigenvalue weighted by molar-refractivity contribution is 6.00. The first-order valence-electron chi connectivity index (χ1n) is 13.2. The fourth-order valence-corrected chi connectivity index (χ4v) is 4.80. The molecule has 1 fully saturated rings. The molecule has 3 aromatic rings. The minimum Gasteiger partial charge on any atom is -0.444 e. The standard InChI is InChI=1S/C31H37N3O4/c1-20-13-16-26(21(2)17-20)28(29(36)33-24-15-14-22-9-6-7-10-23(22)18-24)34(25-11-8-12-25)27(35)19-32-30(37)38-31(3,4)5/h6-7,9-10,13-18,25,28H,8,11-12,19H2,1-5H3,(H,32,37)(H,33,36). The van der Waals surface area contributed by atoms with Gasteiger partial charge in [-0.1, -0.05) is 54.1 Å². The van der Waals surface area contributed by atoms with E-state index in [0.717, 1.165) is 46.7 Å². The average molecular weight is 516 g/mol. The molecule has 0 saturated heterocycles. The first-order chi connectivity index (χ1) is 18.0. The molecule has 1 saturated carbocycles. The van der Waals surface area contributed by atoms with Crippen LogP contribution in [0.5, 0.6) is 0 Å². The van der Waals surface area contributed by atoms with Crippen LogP contribution in [-0.2, 0) is 14.3 Å². The summed E-state index contributed by atoms with van der Waals surface area (Å²) in [5.74, 6) is -0.607. The molecule has 3 amide bonds. The molecule has 0 aromatic heterocycles. The number of amides is 3. The number of nitrogens with one attached hydrogen (secondary N) is 2. The molecule has 1 unspecified atom stereocenters. The van der Waals surface area contributed by atoms with E-state index >= 15 is 0 Å². The van der Waals surface area contributed by atoms with Crippen molar-refractivity contribution in [3.05, 3.63) is 77.4 Å². The van der Waals surface area contributed by atoms with Crippen LogP contribution in [-0.4, -0.2) is 41.0 Å². The molecule has 7 heteroatoms. The molecule has 3 aromatic carbocycles. The zero-order chi connectivity index (χ0) is 27.4. The quantitative estimate of drug-likeness (QED) is 0.401. The molecular weight excluding hydrogens is 478 g/mol. The average Bonchev–Trinajstić information content (AvgIpc) is 2.81. The van der Waals surface area contributed by atoms with Gasteiger partial charge in [0, 0.05) is 11.7 Å². The summed E-state index contributed by atoms with van der Waals surface area (Å²) in [4.78, 5) is 41.6. The summed E-state index contributed by atoms with van der Waals surface area (Å²) < 4.78 is 5.31. The summed E-state index contributed by atoms with van der Waals surface area (Å²) >= 11 is 0. The van der Waals surface area contributed by atoms with Crippen LogP contribution >= 0.6 is 0 Å². The first-order valence-corrected chi connectivity index (χ1v) is 13.2. The van der Waals surface area contributed by atoms with Crippen molar-refractivity contribution in [3.63, 3.8) is 0 Å². The maximum absolute atomic E-state index is 14.0. The number of hydrogen-bond donors (Lipinski definition) is 2. The summed E-state index contributed by atoms with van der Waals surface area (Å²) in [6.07, 6.45) is 1.94. The van der Waals surface area contributed by atoms with Crippen LogP contribution in [0.4, 0.5) is 10.5 Å². The molecule has 0 heterocycles. The predicted octanol–water partition coefficient (Wildman–Crippen LogP) is 6.04. The lowest BCUT2D eigenvalue weighted by atomic mass is 9.87. The van der Waals surface area contributed by atoms with Crippen molar-refractivity contribution < 1.29 is 19.1 Å². The minimum atomic E-state index is -0.847. The number of carbonyl (C=O) groups is 3. The van der Waals surface area contributed by atoms with Crippen LogP contribution in [0.25, 0.3) is 10.8 Å². The Labute approximate surface area is 224 Å². The van der Waals surface area contributed by atoms with Gasteiger partial charge in [-0.3, -0.25) is 9.59 Å². The second-order valence-electron chi connectivity index (χ2n) is 11.1. The lowest BCUT2D eigenvalue weighted by molar-refractivity contribution is -0.143. The number of carbonyl (C=O) groups excluding carboxylic acids is 3. The fourth-order valence-electron chi connectivity index (χ4n) is 4.80. The third-order valence-electron chi connectivity index (χ3n) is 6.80. The van der Waals surface area contributed by atoms with Gasteiger partial charge in [-0.15, -0.1) is 0 Å². The summed E-state index contributed by atoms with van der Waals surface area (Å²) in [6, 6.07) is 18.7. The smallest absolute Gasteiger partial charge is 0.408 e. The molecule has 7 nitrogen and oxygen atoms in total. The molecular formula is C31H37N3O4. The Bertz CT molecular complexity index is 1340. The van der Waals surface area contributed by atoms with Crippen molar-refractivity contribution in [2.75, 3.05) is 11.9 Å². The van der Waals surface area contributed by atoms with Gasteiger partial charge in [-0.05, 0) is 87.9 Å². The molecule has 4 rings (SSSR count). The highest BCUT2D eigenvalue weighted by Crippen LogP contribution is 2.35. The molecule has 2 N–H and O–H groups in total. The van der Waals surface area contributed by atoms with E-state index in [9.17, 15) is 14.4 Å². The monoisotopic (exact) mass is 515 g/mol. The Balaban J connectivity index is 1.65. The van der Waals surface area contributed by atoms with Gasteiger partial charge in [0.15, 0.2) is 0 Å². The summed E-state index contributed by atoms with van der Waals surface area (Å²) in [7, 11) is 0. The van der Waals surface area contributed by atoms with Crippen molar-refractivity contribution in [1.82, 2.24) is 10.2 Å². The van der Waals surface area contributed by atoms with Gasteiger partial charge < -0.3 is 20.3 Å². The third kappa shape index (κ3) is 6.52. The zero-order valence-corrected chi connectivity index (χ0v) is 22.8. The van der Waals surface area contributed by atoms with Crippen molar-refractivity contribution in [1.29, 1.82) is 0 Å². The number of aryl methyl sites for hydroxylation is 2. The Morgan fingerprint density at radius 3 is 2.32 bits per heavy atom. The van der Waals surface area contributed by atoms with Crippen molar-refractivity contribution in [2.24, 2.45) is 0 Å². The minimum absolute atomic E-state index is 0.0870. The van der Waals surface area contributed by atoms with Crippen molar-refractivity contribution in [2.45, 2.75) is 71.6 Å². The Morgan fingerprint density at radius 2 is 1.68 bits per heavy atom. The normalized spacial score (nSPS) is 14.3. The van der Waals surface area contributed by atoms with E-state index in [1.165, 1.54) is 0 Å². The maximum atomic E-state index is 14.0. The molecule has 0 radical (unpaired) electrons. The molecule has 0 bridgehead atoms. The Morgan fingerprint density at radius 1 is 0.974 bits per heavy atom. The maximum Gasteiger partial charge on any atom is 0.408 e. The van der Waals surface area contributed by atoms with Gasteiger partial charge in [0.2, 0.25) is 5.91 Å². The number of hydrogen-bond acceptors (Lipinski definition) is 4. The topological polar surface area (TPSA) is 87.7 Å². The van der Waals surface area contributed by atoms with Gasteiger partial charge >= 0.3 is 6.09 Å².